The number of carbonyl (C=O) groups is 2. The van der Waals surface area contributed by atoms with Crippen molar-refractivity contribution in [3.8, 4) is 0 Å². The molecule has 1 unspecified atom stereocenters. The van der Waals surface area contributed by atoms with Gasteiger partial charge in [-0.2, -0.15) is 0 Å². The Morgan fingerprint density at radius 3 is 2.63 bits per heavy atom. The monoisotopic (exact) mass is 393 g/mol. The number of esters is 1. The lowest BCUT2D eigenvalue weighted by molar-refractivity contribution is -0.146. The first-order chi connectivity index (χ1) is 12.4. The summed E-state index contributed by atoms with van der Waals surface area (Å²) in [5.41, 5.74) is 1.21. The molecular weight excluding hydrogens is 362 g/mol. The van der Waals surface area contributed by atoms with Gasteiger partial charge in [-0.15, -0.1) is 0 Å². The van der Waals surface area contributed by atoms with Crippen LogP contribution in [-0.2, 0) is 25.1 Å². The molecule has 0 aromatic heterocycles. The van der Waals surface area contributed by atoms with Crippen LogP contribution in [0.15, 0.2) is 24.3 Å². The highest BCUT2D eigenvalue weighted by Gasteiger charge is 2.37. The predicted molar refractivity (Wildman–Crippen MR) is 107 cm³/mol. The van der Waals surface area contributed by atoms with E-state index in [4.69, 9.17) is 13.9 Å². The molecule has 0 bridgehead atoms. The van der Waals surface area contributed by atoms with Crippen LogP contribution in [0.3, 0.4) is 0 Å². The summed E-state index contributed by atoms with van der Waals surface area (Å²) in [6, 6.07) is 7.62. The molecule has 150 valence electrons. The number of hydrogen-bond donors (Lipinski definition) is 1. The van der Waals surface area contributed by atoms with E-state index in [0.717, 1.165) is 18.4 Å². The largest absolute Gasteiger partial charge is 0.460 e. The SMILES string of the molecule is CC(C)(C)OC(=O)Nc1cccc(CC[C@@H]2CC(O[Si](C)(C)C)C(=O)O2)c1. The summed E-state index contributed by atoms with van der Waals surface area (Å²) in [5, 5.41) is 2.74. The quantitative estimate of drug-likeness (QED) is 0.569. The predicted octanol–water partition coefficient (Wildman–Crippen LogP) is 4.50. The van der Waals surface area contributed by atoms with Crippen LogP contribution in [0.1, 0.15) is 39.2 Å². The van der Waals surface area contributed by atoms with Gasteiger partial charge >= 0.3 is 12.1 Å². The zero-order chi connectivity index (χ0) is 20.2. The fourth-order valence-corrected chi connectivity index (χ4v) is 3.92. The van der Waals surface area contributed by atoms with Crippen molar-refractivity contribution in [1.29, 1.82) is 0 Å². The van der Waals surface area contributed by atoms with Crippen molar-refractivity contribution in [2.75, 3.05) is 5.32 Å². The maximum absolute atomic E-state index is 12.0. The fraction of sp³-hybridized carbons (Fsp3) is 0.600. The lowest BCUT2D eigenvalue weighted by atomic mass is 10.0. The number of carbonyl (C=O) groups excluding carboxylic acids is 2. The minimum absolute atomic E-state index is 0.124. The normalized spacial score (nSPS) is 20.3. The Labute approximate surface area is 162 Å². The van der Waals surface area contributed by atoms with E-state index in [1.165, 1.54) is 0 Å². The number of ether oxygens (including phenoxy) is 2. The summed E-state index contributed by atoms with van der Waals surface area (Å²) in [6.07, 6.45) is 1.06. The fourth-order valence-electron chi connectivity index (χ4n) is 2.88. The molecule has 1 aromatic rings. The highest BCUT2D eigenvalue weighted by Crippen LogP contribution is 2.25. The van der Waals surface area contributed by atoms with Crippen LogP contribution in [0.4, 0.5) is 10.5 Å². The molecule has 0 radical (unpaired) electrons. The maximum atomic E-state index is 12.0. The van der Waals surface area contributed by atoms with E-state index in [-0.39, 0.29) is 12.1 Å². The van der Waals surface area contributed by atoms with Crippen LogP contribution >= 0.6 is 0 Å². The van der Waals surface area contributed by atoms with Crippen LogP contribution in [0.5, 0.6) is 0 Å². The molecule has 7 heteroatoms. The van der Waals surface area contributed by atoms with Gasteiger partial charge in [0.2, 0.25) is 0 Å². The van der Waals surface area contributed by atoms with Crippen molar-refractivity contribution in [2.45, 2.75) is 77.5 Å². The zero-order valence-electron chi connectivity index (χ0n) is 17.1. The summed E-state index contributed by atoms with van der Waals surface area (Å²) in [6.45, 7) is 11.7. The van der Waals surface area contributed by atoms with Gasteiger partial charge in [0.1, 0.15) is 17.8 Å². The van der Waals surface area contributed by atoms with Crippen LogP contribution in [-0.4, -0.2) is 38.2 Å². The van der Waals surface area contributed by atoms with E-state index in [2.05, 4.69) is 25.0 Å². The molecule has 27 heavy (non-hydrogen) atoms. The minimum atomic E-state index is -1.77. The van der Waals surface area contributed by atoms with Crippen LogP contribution in [0.25, 0.3) is 0 Å². The second-order valence-corrected chi connectivity index (χ2v) is 13.3. The lowest BCUT2D eigenvalue weighted by Crippen LogP contribution is -2.34. The first-order valence-corrected chi connectivity index (χ1v) is 12.8. The Hall–Kier alpha value is -1.86. The summed E-state index contributed by atoms with van der Waals surface area (Å²) < 4.78 is 16.6. The van der Waals surface area contributed by atoms with Crippen LogP contribution in [0.2, 0.25) is 19.6 Å². The van der Waals surface area contributed by atoms with Crippen molar-refractivity contribution in [3.05, 3.63) is 29.8 Å². The molecule has 1 N–H and O–H groups in total. The molecule has 0 aliphatic carbocycles. The molecule has 1 amide bonds. The third-order valence-electron chi connectivity index (χ3n) is 3.85. The Morgan fingerprint density at radius 1 is 1.30 bits per heavy atom. The number of aryl methyl sites for hydroxylation is 1. The van der Waals surface area contributed by atoms with Gasteiger partial charge < -0.3 is 13.9 Å². The van der Waals surface area contributed by atoms with Gasteiger partial charge in [-0.05, 0) is 71.0 Å². The number of hydrogen-bond acceptors (Lipinski definition) is 5. The average Bonchev–Trinajstić information content (AvgIpc) is 2.82. The van der Waals surface area contributed by atoms with Crippen molar-refractivity contribution >= 4 is 26.1 Å². The van der Waals surface area contributed by atoms with Gasteiger partial charge in [-0.25, -0.2) is 9.59 Å². The molecule has 2 atom stereocenters. The van der Waals surface area contributed by atoms with Crippen molar-refractivity contribution in [2.24, 2.45) is 0 Å². The number of rotatable bonds is 6. The highest BCUT2D eigenvalue weighted by atomic mass is 28.4. The van der Waals surface area contributed by atoms with Gasteiger partial charge in [0.15, 0.2) is 8.32 Å². The molecule has 1 aliphatic rings. The Morgan fingerprint density at radius 2 is 2.00 bits per heavy atom. The Bertz CT molecular complexity index is 678. The van der Waals surface area contributed by atoms with E-state index in [0.29, 0.717) is 12.1 Å². The van der Waals surface area contributed by atoms with Gasteiger partial charge in [-0.1, -0.05) is 12.1 Å². The Balaban J connectivity index is 1.86. The van der Waals surface area contributed by atoms with Gasteiger partial charge in [0.05, 0.1) is 0 Å². The molecule has 1 saturated heterocycles. The molecule has 2 rings (SSSR count). The average molecular weight is 394 g/mol. The number of amides is 1. The topological polar surface area (TPSA) is 73.9 Å². The molecule has 0 spiro atoms. The van der Waals surface area contributed by atoms with E-state index < -0.39 is 26.1 Å². The summed E-state index contributed by atoms with van der Waals surface area (Å²) >= 11 is 0. The molecule has 1 fully saturated rings. The van der Waals surface area contributed by atoms with Crippen LogP contribution < -0.4 is 5.32 Å². The van der Waals surface area contributed by atoms with E-state index in [1.54, 1.807) is 0 Å². The zero-order valence-corrected chi connectivity index (χ0v) is 18.1. The number of anilines is 1. The standard InChI is InChI=1S/C20H31NO5Si/c1-20(2,3)25-19(23)21-15-9-7-8-14(12-15)10-11-16-13-17(18(22)24-16)26-27(4,5)6/h7-9,12,16-17H,10-11,13H2,1-6H3,(H,21,23)/t16-,17?/m1/s1. The summed E-state index contributed by atoms with van der Waals surface area (Å²) in [5.74, 6) is -0.247. The second-order valence-electron chi connectivity index (χ2n) is 8.88. The summed E-state index contributed by atoms with van der Waals surface area (Å²) in [4.78, 5) is 23.9. The van der Waals surface area contributed by atoms with Crippen molar-refractivity contribution in [3.63, 3.8) is 0 Å². The van der Waals surface area contributed by atoms with E-state index in [9.17, 15) is 9.59 Å². The van der Waals surface area contributed by atoms with Gasteiger partial charge in [0.25, 0.3) is 0 Å². The third kappa shape index (κ3) is 7.72. The molecule has 1 aromatic carbocycles. The highest BCUT2D eigenvalue weighted by molar-refractivity contribution is 6.69. The van der Waals surface area contributed by atoms with E-state index in [1.807, 2.05) is 45.0 Å². The Kier molecular flexibility index (Phi) is 6.70. The van der Waals surface area contributed by atoms with Gasteiger partial charge in [0, 0.05) is 12.1 Å². The van der Waals surface area contributed by atoms with Crippen LogP contribution in [0, 0.1) is 0 Å². The molecule has 6 nitrogen and oxygen atoms in total. The first kappa shape index (κ1) is 21.4. The smallest absolute Gasteiger partial charge is 0.412 e. The number of cyclic esters (lactones) is 1. The molecule has 1 heterocycles. The van der Waals surface area contributed by atoms with Crippen molar-refractivity contribution < 1.29 is 23.5 Å². The molecule has 0 saturated carbocycles. The summed E-state index contributed by atoms with van der Waals surface area (Å²) in [7, 11) is -1.77. The first-order valence-electron chi connectivity index (χ1n) is 9.38. The molecular formula is C20H31NO5Si. The second kappa shape index (κ2) is 8.44. The molecule has 1 aliphatic heterocycles. The number of nitrogens with one attached hydrogen (secondary N) is 1. The third-order valence-corrected chi connectivity index (χ3v) is 4.84. The van der Waals surface area contributed by atoms with Gasteiger partial charge in [-0.3, -0.25) is 5.32 Å². The van der Waals surface area contributed by atoms with Crippen molar-refractivity contribution in [1.82, 2.24) is 0 Å². The number of benzene rings is 1. The minimum Gasteiger partial charge on any atom is -0.460 e. The maximum Gasteiger partial charge on any atom is 0.412 e. The van der Waals surface area contributed by atoms with E-state index >= 15 is 0 Å². The lowest BCUT2D eigenvalue weighted by Gasteiger charge is -2.20.